The third-order valence-corrected chi connectivity index (χ3v) is 4.63. The van der Waals surface area contributed by atoms with E-state index in [1.54, 1.807) is 18.4 Å². The summed E-state index contributed by atoms with van der Waals surface area (Å²) in [6.07, 6.45) is 0.0562. The molecular weight excluding hydrogens is 334 g/mol. The average Bonchev–Trinajstić information content (AvgIpc) is 3.08. The molecule has 1 aromatic heterocycles. The predicted molar refractivity (Wildman–Crippen MR) is 102 cm³/mol. The lowest BCUT2D eigenvalue weighted by Crippen LogP contribution is -2.22. The number of carbonyl (C=O) groups excluding carboxylic acids is 1. The van der Waals surface area contributed by atoms with Crippen molar-refractivity contribution >= 4 is 27.3 Å². The van der Waals surface area contributed by atoms with Gasteiger partial charge in [-0.15, -0.1) is 11.3 Å². The number of nitrogens with one attached hydrogen (secondary N) is 1. The monoisotopic (exact) mass is 355 g/mol. The van der Waals surface area contributed by atoms with Gasteiger partial charge < -0.3 is 14.8 Å². The number of amides is 1. The van der Waals surface area contributed by atoms with Crippen molar-refractivity contribution in [1.29, 1.82) is 0 Å². The summed E-state index contributed by atoms with van der Waals surface area (Å²) in [5.74, 6) is 1.44. The van der Waals surface area contributed by atoms with E-state index in [1.165, 1.54) is 0 Å². The topological polar surface area (TPSA) is 47.6 Å². The van der Waals surface area contributed by atoms with Crippen LogP contribution in [-0.4, -0.2) is 19.1 Å². The summed E-state index contributed by atoms with van der Waals surface area (Å²) < 4.78 is 12.1. The third-order valence-electron chi connectivity index (χ3n) is 3.77. The highest BCUT2D eigenvalue weighted by Gasteiger charge is 2.13. The zero-order valence-corrected chi connectivity index (χ0v) is 15.4. The number of fused-ring (bicyclic) bond motifs is 1. The molecule has 0 aliphatic rings. The normalized spacial score (nSPS) is 10.9. The van der Waals surface area contributed by atoms with Crippen molar-refractivity contribution in [1.82, 2.24) is 5.32 Å². The van der Waals surface area contributed by atoms with Crippen molar-refractivity contribution in [3.63, 3.8) is 0 Å². The number of hydrogen-bond donors (Lipinski definition) is 1. The van der Waals surface area contributed by atoms with Gasteiger partial charge >= 0.3 is 0 Å². The van der Waals surface area contributed by atoms with Gasteiger partial charge in [0.15, 0.2) is 0 Å². The molecule has 0 spiro atoms. The Morgan fingerprint density at radius 2 is 1.92 bits per heavy atom. The Morgan fingerprint density at radius 1 is 1.16 bits per heavy atom. The standard InChI is InChI=1S/C20H21NO3S/c1-13(2)24-18-10-15(11-19-17(18)8-9-25-19)20(22)21-12-14-4-6-16(23-3)7-5-14/h4-11,13H,12H2,1-3H3,(H,21,22). The van der Waals surface area contributed by atoms with Crippen molar-refractivity contribution in [2.45, 2.75) is 26.5 Å². The predicted octanol–water partition coefficient (Wildman–Crippen LogP) is 4.63. The SMILES string of the molecule is COc1ccc(CNC(=O)c2cc(OC(C)C)c3ccsc3c2)cc1. The molecule has 0 fully saturated rings. The molecule has 130 valence electrons. The summed E-state index contributed by atoms with van der Waals surface area (Å²) >= 11 is 1.60. The number of benzene rings is 2. The van der Waals surface area contributed by atoms with Gasteiger partial charge in [-0.2, -0.15) is 0 Å². The van der Waals surface area contributed by atoms with Crippen molar-refractivity contribution < 1.29 is 14.3 Å². The van der Waals surface area contributed by atoms with E-state index in [0.29, 0.717) is 12.1 Å². The van der Waals surface area contributed by atoms with Crippen LogP contribution in [0.2, 0.25) is 0 Å². The Labute approximate surface area is 151 Å². The van der Waals surface area contributed by atoms with E-state index in [1.807, 2.05) is 61.7 Å². The highest BCUT2D eigenvalue weighted by molar-refractivity contribution is 7.17. The maximum absolute atomic E-state index is 12.6. The van der Waals surface area contributed by atoms with Crippen LogP contribution in [0.5, 0.6) is 11.5 Å². The lowest BCUT2D eigenvalue weighted by Gasteiger charge is -2.13. The largest absolute Gasteiger partial charge is 0.497 e. The first-order valence-corrected chi connectivity index (χ1v) is 9.04. The zero-order chi connectivity index (χ0) is 17.8. The molecule has 2 aromatic carbocycles. The quantitative estimate of drug-likeness (QED) is 0.701. The van der Waals surface area contributed by atoms with Crippen LogP contribution in [0.1, 0.15) is 29.8 Å². The van der Waals surface area contributed by atoms with Crippen LogP contribution < -0.4 is 14.8 Å². The van der Waals surface area contributed by atoms with Crippen LogP contribution in [0.15, 0.2) is 47.8 Å². The lowest BCUT2D eigenvalue weighted by molar-refractivity contribution is 0.0950. The average molecular weight is 355 g/mol. The molecule has 1 N–H and O–H groups in total. The van der Waals surface area contributed by atoms with Gasteiger partial charge in [0.2, 0.25) is 0 Å². The van der Waals surface area contributed by atoms with E-state index in [-0.39, 0.29) is 12.0 Å². The number of ether oxygens (including phenoxy) is 2. The molecule has 0 aliphatic heterocycles. The summed E-state index contributed by atoms with van der Waals surface area (Å²) in [4.78, 5) is 12.6. The van der Waals surface area contributed by atoms with Crippen LogP contribution in [0.4, 0.5) is 0 Å². The minimum atomic E-state index is -0.111. The van der Waals surface area contributed by atoms with Gasteiger partial charge in [-0.1, -0.05) is 12.1 Å². The highest BCUT2D eigenvalue weighted by Crippen LogP contribution is 2.32. The number of hydrogen-bond acceptors (Lipinski definition) is 4. The van der Waals surface area contributed by atoms with E-state index >= 15 is 0 Å². The molecule has 0 saturated heterocycles. The van der Waals surface area contributed by atoms with Gasteiger partial charge in [-0.3, -0.25) is 4.79 Å². The molecule has 0 saturated carbocycles. The van der Waals surface area contributed by atoms with Gasteiger partial charge in [-0.05, 0) is 55.1 Å². The molecule has 3 aromatic rings. The van der Waals surface area contributed by atoms with Crippen LogP contribution in [-0.2, 0) is 6.54 Å². The van der Waals surface area contributed by atoms with Crippen LogP contribution in [0, 0.1) is 0 Å². The van der Waals surface area contributed by atoms with Crippen molar-refractivity contribution in [2.24, 2.45) is 0 Å². The number of carbonyl (C=O) groups is 1. The number of methoxy groups -OCH3 is 1. The van der Waals surface area contributed by atoms with Crippen molar-refractivity contribution in [3.8, 4) is 11.5 Å². The molecule has 5 heteroatoms. The first-order chi connectivity index (χ1) is 12.1. The highest BCUT2D eigenvalue weighted by atomic mass is 32.1. The molecule has 0 radical (unpaired) electrons. The van der Waals surface area contributed by atoms with Gasteiger partial charge in [0.05, 0.1) is 13.2 Å². The summed E-state index contributed by atoms with van der Waals surface area (Å²) in [5, 5.41) is 6.02. The van der Waals surface area contributed by atoms with E-state index < -0.39 is 0 Å². The molecule has 4 nitrogen and oxygen atoms in total. The molecule has 3 rings (SSSR count). The Kier molecular flexibility index (Phi) is 5.24. The molecule has 25 heavy (non-hydrogen) atoms. The fraction of sp³-hybridized carbons (Fsp3) is 0.250. The van der Waals surface area contributed by atoms with Crippen LogP contribution >= 0.6 is 11.3 Å². The van der Waals surface area contributed by atoms with Gasteiger partial charge in [0, 0.05) is 22.2 Å². The van der Waals surface area contributed by atoms with E-state index in [2.05, 4.69) is 5.32 Å². The van der Waals surface area contributed by atoms with Crippen LogP contribution in [0.25, 0.3) is 10.1 Å². The van der Waals surface area contributed by atoms with E-state index in [9.17, 15) is 4.79 Å². The minimum absolute atomic E-state index is 0.0562. The maximum Gasteiger partial charge on any atom is 0.251 e. The molecule has 0 unspecified atom stereocenters. The smallest absolute Gasteiger partial charge is 0.251 e. The van der Waals surface area contributed by atoms with E-state index in [4.69, 9.17) is 9.47 Å². The summed E-state index contributed by atoms with van der Waals surface area (Å²) in [6, 6.07) is 13.4. The first-order valence-electron chi connectivity index (χ1n) is 8.16. The maximum atomic E-state index is 12.6. The second-order valence-corrected chi connectivity index (χ2v) is 6.95. The molecule has 1 heterocycles. The Bertz CT molecular complexity index is 868. The lowest BCUT2D eigenvalue weighted by atomic mass is 10.1. The zero-order valence-electron chi connectivity index (χ0n) is 14.5. The Hall–Kier alpha value is -2.53. The fourth-order valence-electron chi connectivity index (χ4n) is 2.55. The molecule has 0 bridgehead atoms. The molecule has 1 amide bonds. The van der Waals surface area contributed by atoms with Gasteiger partial charge in [-0.25, -0.2) is 0 Å². The van der Waals surface area contributed by atoms with Crippen LogP contribution in [0.3, 0.4) is 0 Å². The number of rotatable bonds is 6. The third kappa shape index (κ3) is 4.12. The summed E-state index contributed by atoms with van der Waals surface area (Å²) in [7, 11) is 1.63. The summed E-state index contributed by atoms with van der Waals surface area (Å²) in [5.41, 5.74) is 1.63. The minimum Gasteiger partial charge on any atom is -0.497 e. The van der Waals surface area contributed by atoms with Crippen molar-refractivity contribution in [3.05, 3.63) is 59.0 Å². The second-order valence-electron chi connectivity index (χ2n) is 6.00. The van der Waals surface area contributed by atoms with Gasteiger partial charge in [0.25, 0.3) is 5.91 Å². The molecule has 0 atom stereocenters. The van der Waals surface area contributed by atoms with Crippen molar-refractivity contribution in [2.75, 3.05) is 7.11 Å². The number of thiophene rings is 1. The Balaban J connectivity index is 1.76. The summed E-state index contributed by atoms with van der Waals surface area (Å²) in [6.45, 7) is 4.43. The Morgan fingerprint density at radius 3 is 2.60 bits per heavy atom. The van der Waals surface area contributed by atoms with E-state index in [0.717, 1.165) is 27.1 Å². The van der Waals surface area contributed by atoms with Gasteiger partial charge in [0.1, 0.15) is 11.5 Å². The molecule has 0 aliphatic carbocycles. The first kappa shape index (κ1) is 17.3. The fourth-order valence-corrected chi connectivity index (χ4v) is 3.39. The second kappa shape index (κ2) is 7.57. The molecular formula is C20H21NO3S.